The smallest absolute Gasteiger partial charge is 0.167 e. The summed E-state index contributed by atoms with van der Waals surface area (Å²) in [6.07, 6.45) is 4.68. The first-order chi connectivity index (χ1) is 10.2. The minimum absolute atomic E-state index is 0.289. The summed E-state index contributed by atoms with van der Waals surface area (Å²) in [7, 11) is 0. The number of hydrogen-bond donors (Lipinski definition) is 1. The third-order valence-electron chi connectivity index (χ3n) is 3.96. The van der Waals surface area contributed by atoms with Gasteiger partial charge >= 0.3 is 0 Å². The minimum atomic E-state index is -0.289. The Morgan fingerprint density at radius 2 is 2.14 bits per heavy atom. The Morgan fingerprint density at radius 3 is 2.86 bits per heavy atom. The summed E-state index contributed by atoms with van der Waals surface area (Å²) in [4.78, 5) is 2.53. The van der Waals surface area contributed by atoms with E-state index in [2.05, 4.69) is 17.1 Å². The predicted molar refractivity (Wildman–Crippen MR) is 85.6 cm³/mol. The molecule has 1 aromatic rings. The minimum Gasteiger partial charge on any atom is -0.491 e. The van der Waals surface area contributed by atoms with Gasteiger partial charge in [0.2, 0.25) is 0 Å². The van der Waals surface area contributed by atoms with E-state index in [4.69, 9.17) is 4.74 Å². The Morgan fingerprint density at radius 1 is 1.29 bits per heavy atom. The SMILES string of the molecule is CCCN1CCCC(Nc2ccc(OCC)c(F)c2)CC1. The molecule has 4 heteroatoms. The molecule has 1 atom stereocenters. The van der Waals surface area contributed by atoms with Crippen molar-refractivity contribution in [1.82, 2.24) is 4.90 Å². The zero-order chi connectivity index (χ0) is 15.1. The molecule has 1 N–H and O–H groups in total. The molecule has 0 amide bonds. The van der Waals surface area contributed by atoms with Crippen LogP contribution in [0, 0.1) is 5.82 Å². The molecule has 1 heterocycles. The Hall–Kier alpha value is -1.29. The summed E-state index contributed by atoms with van der Waals surface area (Å²) in [5, 5.41) is 3.47. The number of halogens is 1. The fraction of sp³-hybridized carbons (Fsp3) is 0.647. The lowest BCUT2D eigenvalue weighted by atomic mass is 10.1. The largest absolute Gasteiger partial charge is 0.491 e. The molecule has 2 rings (SSSR count). The molecule has 0 bridgehead atoms. The molecule has 0 aliphatic carbocycles. The van der Waals surface area contributed by atoms with Crippen LogP contribution in [0.3, 0.4) is 0 Å². The van der Waals surface area contributed by atoms with Crippen LogP contribution < -0.4 is 10.1 Å². The average Bonchev–Trinajstić information content (AvgIpc) is 2.68. The van der Waals surface area contributed by atoms with Crippen molar-refractivity contribution < 1.29 is 9.13 Å². The van der Waals surface area contributed by atoms with Crippen molar-refractivity contribution in [1.29, 1.82) is 0 Å². The van der Waals surface area contributed by atoms with Crippen LogP contribution in [-0.2, 0) is 0 Å². The van der Waals surface area contributed by atoms with Crippen molar-refractivity contribution in [2.24, 2.45) is 0 Å². The number of nitrogens with zero attached hydrogens (tertiary/aromatic N) is 1. The van der Waals surface area contributed by atoms with Crippen LogP contribution in [-0.4, -0.2) is 37.2 Å². The molecule has 1 fully saturated rings. The van der Waals surface area contributed by atoms with Crippen molar-refractivity contribution >= 4 is 5.69 Å². The summed E-state index contributed by atoms with van der Waals surface area (Å²) < 4.78 is 19.1. The summed E-state index contributed by atoms with van der Waals surface area (Å²) in [5.74, 6) is 0.0427. The third-order valence-corrected chi connectivity index (χ3v) is 3.96. The molecule has 1 aliphatic heterocycles. The van der Waals surface area contributed by atoms with E-state index in [1.165, 1.54) is 25.9 Å². The average molecular weight is 294 g/mol. The maximum absolute atomic E-state index is 13.9. The first-order valence-corrected chi connectivity index (χ1v) is 8.14. The molecular weight excluding hydrogens is 267 g/mol. The molecule has 0 aromatic heterocycles. The number of anilines is 1. The van der Waals surface area contributed by atoms with Crippen LogP contribution in [0.2, 0.25) is 0 Å². The van der Waals surface area contributed by atoms with Gasteiger partial charge in [0.05, 0.1) is 6.61 Å². The summed E-state index contributed by atoms with van der Waals surface area (Å²) >= 11 is 0. The van der Waals surface area contributed by atoms with Gasteiger partial charge in [-0.25, -0.2) is 4.39 Å². The zero-order valence-electron chi connectivity index (χ0n) is 13.2. The van der Waals surface area contributed by atoms with E-state index in [1.54, 1.807) is 12.1 Å². The van der Waals surface area contributed by atoms with Gasteiger partial charge in [-0.15, -0.1) is 0 Å². The van der Waals surface area contributed by atoms with Crippen LogP contribution in [0.25, 0.3) is 0 Å². The lowest BCUT2D eigenvalue weighted by Crippen LogP contribution is -2.27. The van der Waals surface area contributed by atoms with Crippen LogP contribution in [0.5, 0.6) is 5.75 Å². The lowest BCUT2D eigenvalue weighted by Gasteiger charge is -2.20. The van der Waals surface area contributed by atoms with Crippen LogP contribution in [0.1, 0.15) is 39.5 Å². The fourth-order valence-electron chi connectivity index (χ4n) is 2.94. The van der Waals surface area contributed by atoms with E-state index in [0.29, 0.717) is 18.4 Å². The molecule has 3 nitrogen and oxygen atoms in total. The number of rotatable bonds is 6. The van der Waals surface area contributed by atoms with Crippen molar-refractivity contribution in [3.05, 3.63) is 24.0 Å². The molecular formula is C17H27FN2O. The van der Waals surface area contributed by atoms with Gasteiger partial charge in [0, 0.05) is 24.3 Å². The summed E-state index contributed by atoms with van der Waals surface area (Å²) in [6, 6.07) is 5.59. The predicted octanol–water partition coefficient (Wildman–Crippen LogP) is 3.90. The van der Waals surface area contributed by atoms with Crippen molar-refractivity contribution in [2.75, 3.05) is 31.6 Å². The van der Waals surface area contributed by atoms with Crippen LogP contribution in [0.4, 0.5) is 10.1 Å². The maximum atomic E-state index is 13.9. The first kappa shape index (κ1) is 16.1. The third kappa shape index (κ3) is 4.88. The number of hydrogen-bond acceptors (Lipinski definition) is 3. The zero-order valence-corrected chi connectivity index (χ0v) is 13.2. The first-order valence-electron chi connectivity index (χ1n) is 8.14. The Bertz CT molecular complexity index is 439. The highest BCUT2D eigenvalue weighted by atomic mass is 19.1. The van der Waals surface area contributed by atoms with E-state index in [0.717, 1.165) is 25.1 Å². The number of ether oxygens (including phenoxy) is 1. The second-order valence-electron chi connectivity index (χ2n) is 5.69. The fourth-order valence-corrected chi connectivity index (χ4v) is 2.94. The normalized spacial score (nSPS) is 20.0. The highest BCUT2D eigenvalue weighted by Crippen LogP contribution is 2.23. The van der Waals surface area contributed by atoms with Gasteiger partial charge in [-0.3, -0.25) is 0 Å². The van der Waals surface area contributed by atoms with E-state index in [1.807, 2.05) is 13.0 Å². The number of benzene rings is 1. The van der Waals surface area contributed by atoms with Gasteiger partial charge < -0.3 is 15.0 Å². The molecule has 118 valence electrons. The van der Waals surface area contributed by atoms with Gasteiger partial charge in [-0.05, 0) is 57.8 Å². The molecule has 0 radical (unpaired) electrons. The Labute approximate surface area is 127 Å². The highest BCUT2D eigenvalue weighted by molar-refractivity contribution is 5.48. The van der Waals surface area contributed by atoms with Crippen LogP contribution >= 0.6 is 0 Å². The summed E-state index contributed by atoms with van der Waals surface area (Å²) in [6.45, 7) is 8.07. The van der Waals surface area contributed by atoms with Crippen molar-refractivity contribution in [3.63, 3.8) is 0 Å². The number of nitrogens with one attached hydrogen (secondary N) is 1. The Balaban J connectivity index is 1.90. The number of likely N-dealkylation sites (tertiary alicyclic amines) is 1. The Kier molecular flexibility index (Phi) is 6.30. The van der Waals surface area contributed by atoms with Gasteiger partial charge in [0.15, 0.2) is 11.6 Å². The van der Waals surface area contributed by atoms with Gasteiger partial charge in [-0.2, -0.15) is 0 Å². The van der Waals surface area contributed by atoms with Crippen molar-refractivity contribution in [2.45, 2.75) is 45.6 Å². The van der Waals surface area contributed by atoms with E-state index < -0.39 is 0 Å². The second-order valence-corrected chi connectivity index (χ2v) is 5.69. The van der Waals surface area contributed by atoms with Gasteiger partial charge in [0.1, 0.15) is 0 Å². The van der Waals surface area contributed by atoms with Gasteiger partial charge in [-0.1, -0.05) is 6.92 Å². The van der Waals surface area contributed by atoms with Gasteiger partial charge in [0.25, 0.3) is 0 Å². The summed E-state index contributed by atoms with van der Waals surface area (Å²) in [5.41, 5.74) is 0.852. The molecule has 1 saturated heterocycles. The lowest BCUT2D eigenvalue weighted by molar-refractivity contribution is 0.285. The standard InChI is InChI=1S/C17H27FN2O/c1-3-10-20-11-5-6-14(9-12-20)19-15-7-8-17(21-4-2)16(18)13-15/h7-8,13-14,19H,3-6,9-12H2,1-2H3. The molecule has 1 unspecified atom stereocenters. The molecule has 0 saturated carbocycles. The van der Waals surface area contributed by atoms with E-state index in [-0.39, 0.29) is 5.82 Å². The monoisotopic (exact) mass is 294 g/mol. The molecule has 1 aliphatic rings. The molecule has 1 aromatic carbocycles. The topological polar surface area (TPSA) is 24.5 Å². The van der Waals surface area contributed by atoms with E-state index >= 15 is 0 Å². The van der Waals surface area contributed by atoms with Crippen LogP contribution in [0.15, 0.2) is 18.2 Å². The highest BCUT2D eigenvalue weighted by Gasteiger charge is 2.16. The molecule has 0 spiro atoms. The maximum Gasteiger partial charge on any atom is 0.167 e. The van der Waals surface area contributed by atoms with Crippen molar-refractivity contribution in [3.8, 4) is 5.75 Å². The van der Waals surface area contributed by atoms with E-state index in [9.17, 15) is 4.39 Å². The second kappa shape index (κ2) is 8.23. The molecule has 21 heavy (non-hydrogen) atoms. The quantitative estimate of drug-likeness (QED) is 0.861.